The number of carbonyl (C=O) groups is 2. The van der Waals surface area contributed by atoms with Crippen molar-refractivity contribution in [2.24, 2.45) is 17.3 Å². The normalized spacial score (nSPS) is 49.7. The Bertz CT molecular complexity index is 286. The molecule has 3 heteroatoms. The first-order valence-electron chi connectivity index (χ1n) is 4.58. The number of nitrogens with one attached hydrogen (secondary N) is 1. The van der Waals surface area contributed by atoms with Crippen molar-refractivity contribution in [3.63, 3.8) is 0 Å². The standard InChI is InChI=1S/C9H11NO2/c11-7-6-3-5-1-2-9(6,4-5)8(12)10-7/h5-6H,1-4H2,(H,10,11,12). The third-order valence-electron chi connectivity index (χ3n) is 3.89. The van der Waals surface area contributed by atoms with Crippen molar-refractivity contribution < 1.29 is 9.59 Å². The predicted octanol–water partition coefficient (Wildman–Crippen LogP) is 0.449. The van der Waals surface area contributed by atoms with Crippen LogP contribution in [0.3, 0.4) is 0 Å². The van der Waals surface area contributed by atoms with Gasteiger partial charge in [-0.25, -0.2) is 0 Å². The molecule has 0 aromatic heterocycles. The molecule has 1 spiro atoms. The van der Waals surface area contributed by atoms with E-state index in [0.717, 1.165) is 25.7 Å². The number of hydrogen-bond acceptors (Lipinski definition) is 2. The minimum Gasteiger partial charge on any atom is -0.296 e. The summed E-state index contributed by atoms with van der Waals surface area (Å²) in [6.07, 6.45) is 4.02. The van der Waals surface area contributed by atoms with E-state index in [1.165, 1.54) is 0 Å². The SMILES string of the molecule is O=C1NC(=O)C23CCC(CC12)C3. The van der Waals surface area contributed by atoms with Crippen LogP contribution in [0, 0.1) is 17.3 Å². The molecule has 3 nitrogen and oxygen atoms in total. The molecular formula is C9H11NO2. The van der Waals surface area contributed by atoms with Crippen LogP contribution in [-0.4, -0.2) is 11.8 Å². The highest BCUT2D eigenvalue weighted by Crippen LogP contribution is 2.59. The molecule has 2 aliphatic carbocycles. The number of fused-ring (bicyclic) bond motifs is 1. The Morgan fingerprint density at radius 1 is 1.42 bits per heavy atom. The Kier molecular flexibility index (Phi) is 0.955. The minimum atomic E-state index is -0.248. The molecule has 3 unspecified atom stereocenters. The third kappa shape index (κ3) is 0.520. The summed E-state index contributed by atoms with van der Waals surface area (Å²) in [6, 6.07) is 0. The summed E-state index contributed by atoms with van der Waals surface area (Å²) in [5.41, 5.74) is -0.248. The van der Waals surface area contributed by atoms with E-state index in [9.17, 15) is 9.59 Å². The molecule has 1 saturated heterocycles. The van der Waals surface area contributed by atoms with Crippen LogP contribution in [0.2, 0.25) is 0 Å². The molecule has 3 rings (SSSR count). The Hall–Kier alpha value is -0.860. The average Bonchev–Trinajstić information content (AvgIpc) is 2.65. The van der Waals surface area contributed by atoms with Gasteiger partial charge >= 0.3 is 0 Å². The van der Waals surface area contributed by atoms with Crippen LogP contribution >= 0.6 is 0 Å². The highest BCUT2D eigenvalue weighted by Gasteiger charge is 2.63. The molecule has 12 heavy (non-hydrogen) atoms. The Morgan fingerprint density at radius 2 is 2.25 bits per heavy atom. The second-order valence-electron chi connectivity index (χ2n) is 4.37. The molecule has 1 aliphatic heterocycles. The topological polar surface area (TPSA) is 46.2 Å². The second-order valence-corrected chi connectivity index (χ2v) is 4.37. The van der Waals surface area contributed by atoms with E-state index in [1.807, 2.05) is 0 Å². The van der Waals surface area contributed by atoms with Gasteiger partial charge in [0, 0.05) is 0 Å². The summed E-state index contributed by atoms with van der Waals surface area (Å²) < 4.78 is 0. The van der Waals surface area contributed by atoms with Crippen molar-refractivity contribution in [1.82, 2.24) is 5.32 Å². The molecular weight excluding hydrogens is 154 g/mol. The summed E-state index contributed by atoms with van der Waals surface area (Å²) in [5.74, 6) is 0.688. The molecule has 3 atom stereocenters. The molecule has 0 radical (unpaired) electrons. The van der Waals surface area contributed by atoms with Crippen molar-refractivity contribution in [3.8, 4) is 0 Å². The van der Waals surface area contributed by atoms with Crippen LogP contribution in [0.1, 0.15) is 25.7 Å². The third-order valence-corrected chi connectivity index (χ3v) is 3.89. The summed E-state index contributed by atoms with van der Waals surface area (Å²) in [6.45, 7) is 0. The zero-order valence-electron chi connectivity index (χ0n) is 6.80. The van der Waals surface area contributed by atoms with Crippen molar-refractivity contribution >= 4 is 11.8 Å². The number of amides is 2. The van der Waals surface area contributed by atoms with Gasteiger partial charge in [-0.2, -0.15) is 0 Å². The Morgan fingerprint density at radius 3 is 2.92 bits per heavy atom. The maximum atomic E-state index is 11.5. The minimum absolute atomic E-state index is 0.0116. The van der Waals surface area contributed by atoms with Crippen LogP contribution in [-0.2, 0) is 9.59 Å². The van der Waals surface area contributed by atoms with Crippen LogP contribution in [0.25, 0.3) is 0 Å². The number of imide groups is 1. The van der Waals surface area contributed by atoms with Crippen LogP contribution in [0.5, 0.6) is 0 Å². The van der Waals surface area contributed by atoms with Crippen molar-refractivity contribution in [1.29, 1.82) is 0 Å². The first kappa shape index (κ1) is 6.63. The first-order chi connectivity index (χ1) is 5.72. The molecule has 0 aromatic carbocycles. The van der Waals surface area contributed by atoms with E-state index < -0.39 is 0 Å². The van der Waals surface area contributed by atoms with Gasteiger partial charge in [-0.3, -0.25) is 14.9 Å². The van der Waals surface area contributed by atoms with Gasteiger partial charge in [0.15, 0.2) is 0 Å². The van der Waals surface area contributed by atoms with Gasteiger partial charge in [0.1, 0.15) is 0 Å². The van der Waals surface area contributed by atoms with Gasteiger partial charge in [0.25, 0.3) is 0 Å². The van der Waals surface area contributed by atoms with Crippen LogP contribution < -0.4 is 5.32 Å². The van der Waals surface area contributed by atoms with Gasteiger partial charge in [-0.15, -0.1) is 0 Å². The fourth-order valence-corrected chi connectivity index (χ4v) is 3.30. The summed E-state index contributed by atoms with van der Waals surface area (Å²) in [5, 5.41) is 2.46. The van der Waals surface area contributed by atoms with Gasteiger partial charge < -0.3 is 0 Å². The lowest BCUT2D eigenvalue weighted by atomic mass is 9.77. The van der Waals surface area contributed by atoms with E-state index in [0.29, 0.717) is 5.92 Å². The number of carbonyl (C=O) groups excluding carboxylic acids is 2. The summed E-state index contributed by atoms with van der Waals surface area (Å²) >= 11 is 0. The van der Waals surface area contributed by atoms with Crippen molar-refractivity contribution in [2.45, 2.75) is 25.7 Å². The molecule has 2 saturated carbocycles. The van der Waals surface area contributed by atoms with E-state index in [2.05, 4.69) is 5.32 Å². The second kappa shape index (κ2) is 1.73. The number of rotatable bonds is 0. The van der Waals surface area contributed by atoms with Crippen LogP contribution in [0.15, 0.2) is 0 Å². The summed E-state index contributed by atoms with van der Waals surface area (Å²) in [7, 11) is 0. The van der Waals surface area contributed by atoms with Crippen molar-refractivity contribution in [3.05, 3.63) is 0 Å². The fraction of sp³-hybridized carbons (Fsp3) is 0.778. The Balaban J connectivity index is 2.10. The summed E-state index contributed by atoms with van der Waals surface area (Å²) in [4.78, 5) is 22.8. The molecule has 64 valence electrons. The van der Waals surface area contributed by atoms with E-state index >= 15 is 0 Å². The van der Waals surface area contributed by atoms with Crippen LogP contribution in [0.4, 0.5) is 0 Å². The van der Waals surface area contributed by atoms with Crippen molar-refractivity contribution in [2.75, 3.05) is 0 Å². The molecule has 3 fully saturated rings. The maximum absolute atomic E-state index is 11.5. The van der Waals surface area contributed by atoms with Gasteiger partial charge in [0.05, 0.1) is 11.3 Å². The lowest BCUT2D eigenvalue weighted by Crippen LogP contribution is -2.30. The molecule has 2 bridgehead atoms. The lowest BCUT2D eigenvalue weighted by Gasteiger charge is -2.22. The first-order valence-corrected chi connectivity index (χ1v) is 4.58. The zero-order valence-corrected chi connectivity index (χ0v) is 6.80. The molecule has 1 heterocycles. The zero-order chi connectivity index (χ0) is 8.34. The Labute approximate surface area is 70.5 Å². The monoisotopic (exact) mass is 165 g/mol. The van der Waals surface area contributed by atoms with Gasteiger partial charge in [0.2, 0.25) is 11.8 Å². The van der Waals surface area contributed by atoms with E-state index in [4.69, 9.17) is 0 Å². The molecule has 2 amide bonds. The van der Waals surface area contributed by atoms with E-state index in [1.54, 1.807) is 0 Å². The lowest BCUT2D eigenvalue weighted by molar-refractivity contribution is -0.128. The highest BCUT2D eigenvalue weighted by molar-refractivity contribution is 6.08. The smallest absolute Gasteiger partial charge is 0.233 e. The van der Waals surface area contributed by atoms with Gasteiger partial charge in [-0.05, 0) is 31.6 Å². The largest absolute Gasteiger partial charge is 0.296 e. The number of hydrogen-bond donors (Lipinski definition) is 1. The van der Waals surface area contributed by atoms with E-state index in [-0.39, 0.29) is 23.1 Å². The quantitative estimate of drug-likeness (QED) is 0.530. The van der Waals surface area contributed by atoms with Gasteiger partial charge in [-0.1, -0.05) is 0 Å². The fourth-order valence-electron chi connectivity index (χ4n) is 3.30. The maximum Gasteiger partial charge on any atom is 0.233 e. The average molecular weight is 165 g/mol. The highest BCUT2D eigenvalue weighted by atomic mass is 16.2. The molecule has 0 aromatic rings. The molecule has 1 N–H and O–H groups in total. The predicted molar refractivity (Wildman–Crippen MR) is 41.0 cm³/mol. The molecule has 3 aliphatic rings.